The molecule has 0 unspecified atom stereocenters. The Bertz CT molecular complexity index is 101. The first-order valence-electron chi connectivity index (χ1n) is 2.93. The standard InChI is InChI=1S/C6H12N2O/c1-4-5-8(7-9)6(2)3/h4,6H,1,5H2,2-3H3. The van der Waals surface area contributed by atoms with Gasteiger partial charge in [-0.25, -0.2) is 0 Å². The van der Waals surface area contributed by atoms with Crippen LogP contribution in [0.5, 0.6) is 0 Å². The van der Waals surface area contributed by atoms with Crippen molar-refractivity contribution in [1.82, 2.24) is 5.01 Å². The van der Waals surface area contributed by atoms with Gasteiger partial charge < -0.3 is 0 Å². The molecule has 3 heteroatoms. The second kappa shape index (κ2) is 4.06. The molecule has 0 aliphatic rings. The van der Waals surface area contributed by atoms with Crippen LogP contribution < -0.4 is 0 Å². The Kier molecular flexibility index (Phi) is 3.67. The highest BCUT2D eigenvalue weighted by Crippen LogP contribution is 1.96. The zero-order chi connectivity index (χ0) is 7.28. The first kappa shape index (κ1) is 8.14. The van der Waals surface area contributed by atoms with Gasteiger partial charge in [-0.15, -0.1) is 11.5 Å². The van der Waals surface area contributed by atoms with E-state index < -0.39 is 0 Å². The summed E-state index contributed by atoms with van der Waals surface area (Å²) in [4.78, 5) is 9.96. The zero-order valence-corrected chi connectivity index (χ0v) is 5.87. The maximum Gasteiger partial charge on any atom is 0.0573 e. The van der Waals surface area contributed by atoms with E-state index in [1.807, 2.05) is 13.8 Å². The Balaban J connectivity index is 3.66. The van der Waals surface area contributed by atoms with Crippen molar-refractivity contribution in [3.63, 3.8) is 0 Å². The van der Waals surface area contributed by atoms with E-state index in [9.17, 15) is 4.91 Å². The molecule has 3 nitrogen and oxygen atoms in total. The molecule has 0 radical (unpaired) electrons. The fourth-order valence-electron chi connectivity index (χ4n) is 0.471. The van der Waals surface area contributed by atoms with Crippen LogP contribution in [0.15, 0.2) is 17.9 Å². The van der Waals surface area contributed by atoms with Gasteiger partial charge in [-0.2, -0.15) is 0 Å². The topological polar surface area (TPSA) is 32.7 Å². The summed E-state index contributed by atoms with van der Waals surface area (Å²) in [5.74, 6) is 0. The van der Waals surface area contributed by atoms with Crippen molar-refractivity contribution in [2.24, 2.45) is 5.29 Å². The van der Waals surface area contributed by atoms with E-state index in [0.717, 1.165) is 0 Å². The van der Waals surface area contributed by atoms with E-state index in [1.165, 1.54) is 5.01 Å². The van der Waals surface area contributed by atoms with E-state index >= 15 is 0 Å². The van der Waals surface area contributed by atoms with Crippen LogP contribution >= 0.6 is 0 Å². The average molecular weight is 128 g/mol. The van der Waals surface area contributed by atoms with Crippen LogP contribution in [-0.4, -0.2) is 17.6 Å². The molecule has 0 spiro atoms. The first-order chi connectivity index (χ1) is 4.22. The van der Waals surface area contributed by atoms with E-state index in [2.05, 4.69) is 11.9 Å². The molecule has 0 aromatic rings. The second-order valence-electron chi connectivity index (χ2n) is 2.09. The average Bonchev–Trinajstić information content (AvgIpc) is 1.82. The molecule has 0 fully saturated rings. The van der Waals surface area contributed by atoms with E-state index in [4.69, 9.17) is 0 Å². The lowest BCUT2D eigenvalue weighted by atomic mass is 10.4. The molecule has 0 saturated carbocycles. The quantitative estimate of drug-likeness (QED) is 0.327. The molecule has 0 bridgehead atoms. The SMILES string of the molecule is C=CCN(N=O)C(C)C. The van der Waals surface area contributed by atoms with Crippen LogP contribution in [0.25, 0.3) is 0 Å². The summed E-state index contributed by atoms with van der Waals surface area (Å²) in [6.45, 7) is 7.83. The summed E-state index contributed by atoms with van der Waals surface area (Å²) in [6.07, 6.45) is 1.65. The van der Waals surface area contributed by atoms with Gasteiger partial charge in [-0.05, 0) is 13.8 Å². The van der Waals surface area contributed by atoms with Gasteiger partial charge in [0.15, 0.2) is 0 Å². The Labute approximate surface area is 55.3 Å². The largest absolute Gasteiger partial charge is 0.255 e. The molecule has 0 N–H and O–H groups in total. The number of nitrogens with zero attached hydrogens (tertiary/aromatic N) is 2. The predicted octanol–water partition coefficient (Wildman–Crippen LogP) is 1.56. The lowest BCUT2D eigenvalue weighted by molar-refractivity contribution is 0.255. The third-order valence-electron chi connectivity index (χ3n) is 1.02. The maximum atomic E-state index is 9.96. The summed E-state index contributed by atoms with van der Waals surface area (Å²) < 4.78 is 0. The number of hydrogen-bond acceptors (Lipinski definition) is 2. The Morgan fingerprint density at radius 3 is 2.44 bits per heavy atom. The minimum atomic E-state index is 0.167. The van der Waals surface area contributed by atoms with Crippen molar-refractivity contribution in [3.8, 4) is 0 Å². The Hall–Kier alpha value is -0.860. The minimum Gasteiger partial charge on any atom is -0.255 e. The van der Waals surface area contributed by atoms with Gasteiger partial charge in [0, 0.05) is 6.04 Å². The molecule has 0 rings (SSSR count). The first-order valence-corrected chi connectivity index (χ1v) is 2.93. The normalized spacial score (nSPS) is 9.22. The van der Waals surface area contributed by atoms with Crippen molar-refractivity contribution < 1.29 is 0 Å². The minimum absolute atomic E-state index is 0.167. The number of nitroso groups, excluding NO2 is 1. The van der Waals surface area contributed by atoms with Crippen molar-refractivity contribution in [2.75, 3.05) is 6.54 Å². The van der Waals surface area contributed by atoms with Crippen LogP contribution in [0.2, 0.25) is 0 Å². The third kappa shape index (κ3) is 2.85. The van der Waals surface area contributed by atoms with Crippen molar-refractivity contribution >= 4 is 0 Å². The summed E-state index contributed by atoms with van der Waals surface area (Å²) >= 11 is 0. The fraction of sp³-hybridized carbons (Fsp3) is 0.667. The van der Waals surface area contributed by atoms with Crippen LogP contribution in [0, 0.1) is 4.91 Å². The van der Waals surface area contributed by atoms with Gasteiger partial charge in [0.2, 0.25) is 0 Å². The van der Waals surface area contributed by atoms with Crippen LogP contribution in [0.1, 0.15) is 13.8 Å². The second-order valence-corrected chi connectivity index (χ2v) is 2.09. The number of rotatable bonds is 4. The van der Waals surface area contributed by atoms with Gasteiger partial charge in [0.25, 0.3) is 0 Å². The molecule has 0 aromatic carbocycles. The molecule has 0 aliphatic carbocycles. The van der Waals surface area contributed by atoms with Crippen molar-refractivity contribution in [2.45, 2.75) is 19.9 Å². The predicted molar refractivity (Wildman–Crippen MR) is 37.8 cm³/mol. The summed E-state index contributed by atoms with van der Waals surface area (Å²) in [5, 5.41) is 4.21. The van der Waals surface area contributed by atoms with Crippen molar-refractivity contribution in [3.05, 3.63) is 17.6 Å². The summed E-state index contributed by atoms with van der Waals surface area (Å²) in [5.41, 5.74) is 0. The van der Waals surface area contributed by atoms with Crippen LogP contribution in [-0.2, 0) is 0 Å². The molecular weight excluding hydrogens is 116 g/mol. The lowest BCUT2D eigenvalue weighted by Crippen LogP contribution is -2.24. The van der Waals surface area contributed by atoms with Gasteiger partial charge in [-0.3, -0.25) is 5.01 Å². The number of hydrogen-bond donors (Lipinski definition) is 0. The third-order valence-corrected chi connectivity index (χ3v) is 1.02. The van der Waals surface area contributed by atoms with E-state index in [1.54, 1.807) is 6.08 Å². The highest BCUT2D eigenvalue weighted by atomic mass is 16.3. The van der Waals surface area contributed by atoms with Gasteiger partial charge in [0.1, 0.15) is 0 Å². The zero-order valence-electron chi connectivity index (χ0n) is 5.87. The van der Waals surface area contributed by atoms with Gasteiger partial charge >= 0.3 is 0 Å². The van der Waals surface area contributed by atoms with Gasteiger partial charge in [0.05, 0.1) is 11.8 Å². The highest BCUT2D eigenvalue weighted by Gasteiger charge is 2.02. The fourth-order valence-corrected chi connectivity index (χ4v) is 0.471. The van der Waals surface area contributed by atoms with Crippen LogP contribution in [0.4, 0.5) is 0 Å². The molecule has 0 aliphatic heterocycles. The van der Waals surface area contributed by atoms with Crippen LogP contribution in [0.3, 0.4) is 0 Å². The monoisotopic (exact) mass is 128 g/mol. The Morgan fingerprint density at radius 1 is 1.78 bits per heavy atom. The summed E-state index contributed by atoms with van der Waals surface area (Å²) in [7, 11) is 0. The van der Waals surface area contributed by atoms with Crippen molar-refractivity contribution in [1.29, 1.82) is 0 Å². The summed E-state index contributed by atoms with van der Waals surface area (Å²) in [6, 6.07) is 0.167. The molecule has 0 amide bonds. The molecule has 9 heavy (non-hydrogen) atoms. The molecule has 0 aromatic heterocycles. The Morgan fingerprint density at radius 2 is 2.33 bits per heavy atom. The smallest absolute Gasteiger partial charge is 0.0573 e. The lowest BCUT2D eigenvalue weighted by Gasteiger charge is -2.16. The maximum absolute atomic E-state index is 9.96. The molecule has 52 valence electrons. The molecule has 0 heterocycles. The molecule has 0 saturated heterocycles. The van der Waals surface area contributed by atoms with E-state index in [0.29, 0.717) is 6.54 Å². The molecule has 0 atom stereocenters. The highest BCUT2D eigenvalue weighted by molar-refractivity contribution is 4.72. The van der Waals surface area contributed by atoms with Gasteiger partial charge in [-0.1, -0.05) is 6.08 Å². The molecular formula is C6H12N2O. The van der Waals surface area contributed by atoms with E-state index in [-0.39, 0.29) is 6.04 Å².